The van der Waals surface area contributed by atoms with Crippen molar-refractivity contribution in [3.8, 4) is 5.75 Å². The van der Waals surface area contributed by atoms with Crippen LogP contribution < -0.4 is 4.74 Å². The average Bonchev–Trinajstić information content (AvgIpc) is 2.72. The molecular weight excluding hydrogens is 258 g/mol. The second-order valence-electron chi connectivity index (χ2n) is 4.79. The highest BCUT2D eigenvalue weighted by Crippen LogP contribution is 2.18. The molecule has 1 N–H and O–H groups in total. The second kappa shape index (κ2) is 7.21. The van der Waals surface area contributed by atoms with Crippen molar-refractivity contribution in [2.45, 2.75) is 6.42 Å². The lowest BCUT2D eigenvalue weighted by Crippen LogP contribution is -2.36. The molecule has 2 heterocycles. The molecule has 2 rings (SSSR count). The molecule has 0 saturated carbocycles. The van der Waals surface area contributed by atoms with E-state index in [2.05, 4.69) is 9.88 Å². The fourth-order valence-corrected chi connectivity index (χ4v) is 2.43. The first-order chi connectivity index (χ1) is 9.76. The van der Waals surface area contributed by atoms with Gasteiger partial charge in [0.25, 0.3) is 5.91 Å². The number of carbonyl (C=O) groups excluding carboxylic acids is 1. The molecule has 1 aliphatic heterocycles. The molecule has 0 radical (unpaired) electrons. The summed E-state index contributed by atoms with van der Waals surface area (Å²) in [5.41, 5.74) is 0.554. The van der Waals surface area contributed by atoms with E-state index in [0.717, 1.165) is 26.1 Å². The lowest BCUT2D eigenvalue weighted by molar-refractivity contribution is 0.0757. The Morgan fingerprint density at radius 1 is 1.40 bits per heavy atom. The summed E-state index contributed by atoms with van der Waals surface area (Å²) in [6.07, 6.45) is 4.08. The molecule has 1 fully saturated rings. The molecule has 0 aromatic carbocycles. The average molecular weight is 279 g/mol. The minimum Gasteiger partial charge on any atom is -0.494 e. The van der Waals surface area contributed by atoms with Gasteiger partial charge in [-0.15, -0.1) is 0 Å². The van der Waals surface area contributed by atoms with Gasteiger partial charge in [0, 0.05) is 32.4 Å². The van der Waals surface area contributed by atoms with Crippen LogP contribution in [0.3, 0.4) is 0 Å². The smallest absolute Gasteiger partial charge is 0.257 e. The Kier molecular flexibility index (Phi) is 5.31. The minimum absolute atomic E-state index is 0.0184. The van der Waals surface area contributed by atoms with Crippen molar-refractivity contribution in [1.82, 2.24) is 14.8 Å². The number of nitrogens with zero attached hydrogens (tertiary/aromatic N) is 3. The van der Waals surface area contributed by atoms with Crippen molar-refractivity contribution in [2.24, 2.45) is 0 Å². The molecule has 110 valence electrons. The summed E-state index contributed by atoms with van der Waals surface area (Å²) in [6, 6.07) is 1.69. The predicted molar refractivity (Wildman–Crippen MR) is 74.8 cm³/mol. The summed E-state index contributed by atoms with van der Waals surface area (Å²) in [6.45, 7) is 3.93. The van der Waals surface area contributed by atoms with Crippen molar-refractivity contribution in [3.05, 3.63) is 24.0 Å². The number of hydrogen-bond donors (Lipinski definition) is 1. The molecule has 0 unspecified atom stereocenters. The van der Waals surface area contributed by atoms with Crippen LogP contribution in [-0.2, 0) is 0 Å². The van der Waals surface area contributed by atoms with Gasteiger partial charge in [0.15, 0.2) is 0 Å². The summed E-state index contributed by atoms with van der Waals surface area (Å²) in [5.74, 6) is 0.490. The Morgan fingerprint density at radius 2 is 2.25 bits per heavy atom. The van der Waals surface area contributed by atoms with Gasteiger partial charge in [0.05, 0.1) is 25.5 Å². The first kappa shape index (κ1) is 14.7. The Balaban J connectivity index is 2.05. The van der Waals surface area contributed by atoms with E-state index in [1.807, 2.05) is 4.90 Å². The Morgan fingerprint density at radius 3 is 3.00 bits per heavy atom. The predicted octanol–water partition coefficient (Wildman–Crippen LogP) is 0.230. The van der Waals surface area contributed by atoms with Crippen LogP contribution in [0.1, 0.15) is 16.8 Å². The summed E-state index contributed by atoms with van der Waals surface area (Å²) in [4.78, 5) is 20.5. The standard InChI is InChI=1S/C14H21N3O3/c1-20-13-11-15-4-3-12(13)14(19)17-6-2-5-16(7-8-17)9-10-18/h3-4,11,18H,2,5-10H2,1H3. The molecule has 1 aliphatic rings. The van der Waals surface area contributed by atoms with Crippen LogP contribution in [0.15, 0.2) is 18.5 Å². The third-order valence-electron chi connectivity index (χ3n) is 3.53. The third kappa shape index (κ3) is 3.46. The number of methoxy groups -OCH3 is 1. The lowest BCUT2D eigenvalue weighted by atomic mass is 10.2. The van der Waals surface area contributed by atoms with Gasteiger partial charge in [0.2, 0.25) is 0 Å². The van der Waals surface area contributed by atoms with E-state index in [9.17, 15) is 4.79 Å². The first-order valence-corrected chi connectivity index (χ1v) is 6.86. The van der Waals surface area contributed by atoms with Crippen LogP contribution in [0.2, 0.25) is 0 Å². The molecule has 0 spiro atoms. The maximum absolute atomic E-state index is 12.5. The van der Waals surface area contributed by atoms with Crippen LogP contribution in [0.25, 0.3) is 0 Å². The summed E-state index contributed by atoms with van der Waals surface area (Å²) >= 11 is 0. The van der Waals surface area contributed by atoms with Crippen molar-refractivity contribution < 1.29 is 14.6 Å². The van der Waals surface area contributed by atoms with Crippen LogP contribution >= 0.6 is 0 Å². The quantitative estimate of drug-likeness (QED) is 0.854. The van der Waals surface area contributed by atoms with Gasteiger partial charge in [0.1, 0.15) is 5.75 Å². The van der Waals surface area contributed by atoms with Gasteiger partial charge in [-0.1, -0.05) is 0 Å². The van der Waals surface area contributed by atoms with E-state index in [-0.39, 0.29) is 12.5 Å². The molecule has 6 nitrogen and oxygen atoms in total. The highest BCUT2D eigenvalue weighted by Gasteiger charge is 2.22. The van der Waals surface area contributed by atoms with Crippen LogP contribution in [0.5, 0.6) is 5.75 Å². The summed E-state index contributed by atoms with van der Waals surface area (Å²) in [5, 5.41) is 8.99. The van der Waals surface area contributed by atoms with Gasteiger partial charge >= 0.3 is 0 Å². The van der Waals surface area contributed by atoms with Gasteiger partial charge < -0.3 is 14.7 Å². The molecule has 0 bridgehead atoms. The number of β-amino-alcohol motifs (C(OH)–C–C–N with tert-alkyl or cyclic N) is 1. The number of aliphatic hydroxyl groups is 1. The van der Waals surface area contributed by atoms with E-state index in [4.69, 9.17) is 9.84 Å². The lowest BCUT2D eigenvalue weighted by Gasteiger charge is -2.22. The Hall–Kier alpha value is -1.66. The normalized spacial score (nSPS) is 16.8. The van der Waals surface area contributed by atoms with Gasteiger partial charge in [-0.25, -0.2) is 0 Å². The van der Waals surface area contributed by atoms with Crippen LogP contribution in [-0.4, -0.2) is 72.2 Å². The molecule has 1 saturated heterocycles. The second-order valence-corrected chi connectivity index (χ2v) is 4.79. The van der Waals surface area contributed by atoms with Gasteiger partial charge in [-0.05, 0) is 19.0 Å². The zero-order valence-electron chi connectivity index (χ0n) is 11.8. The van der Waals surface area contributed by atoms with Crippen LogP contribution in [0, 0.1) is 0 Å². The summed E-state index contributed by atoms with van der Waals surface area (Å²) in [7, 11) is 1.54. The zero-order valence-corrected chi connectivity index (χ0v) is 11.8. The first-order valence-electron chi connectivity index (χ1n) is 6.86. The Labute approximate surface area is 119 Å². The Bertz CT molecular complexity index is 453. The number of aliphatic hydroxyl groups excluding tert-OH is 1. The highest BCUT2D eigenvalue weighted by atomic mass is 16.5. The molecular formula is C14H21N3O3. The molecule has 0 atom stereocenters. The van der Waals surface area contributed by atoms with Crippen LogP contribution in [0.4, 0.5) is 0 Å². The number of pyridine rings is 1. The molecule has 0 aliphatic carbocycles. The fraction of sp³-hybridized carbons (Fsp3) is 0.571. The maximum Gasteiger partial charge on any atom is 0.257 e. The molecule has 1 aromatic heterocycles. The van der Waals surface area contributed by atoms with E-state index in [0.29, 0.717) is 24.4 Å². The largest absolute Gasteiger partial charge is 0.494 e. The monoisotopic (exact) mass is 279 g/mol. The van der Waals surface area contributed by atoms with Crippen molar-refractivity contribution in [1.29, 1.82) is 0 Å². The highest BCUT2D eigenvalue weighted by molar-refractivity contribution is 5.96. The maximum atomic E-state index is 12.5. The number of carbonyl (C=O) groups is 1. The molecule has 6 heteroatoms. The van der Waals surface area contributed by atoms with Crippen molar-refractivity contribution >= 4 is 5.91 Å². The number of ether oxygens (including phenoxy) is 1. The SMILES string of the molecule is COc1cnccc1C(=O)N1CCCN(CCO)CC1. The van der Waals surface area contributed by atoms with Crippen molar-refractivity contribution in [3.63, 3.8) is 0 Å². The number of aromatic nitrogens is 1. The van der Waals surface area contributed by atoms with Crippen molar-refractivity contribution in [2.75, 3.05) is 46.4 Å². The molecule has 20 heavy (non-hydrogen) atoms. The van der Waals surface area contributed by atoms with E-state index in [1.54, 1.807) is 25.6 Å². The minimum atomic E-state index is -0.0184. The topological polar surface area (TPSA) is 65.9 Å². The van der Waals surface area contributed by atoms with Gasteiger partial charge in [-0.3, -0.25) is 14.7 Å². The summed E-state index contributed by atoms with van der Waals surface area (Å²) < 4.78 is 5.19. The number of rotatable bonds is 4. The van der Waals surface area contributed by atoms with Gasteiger partial charge in [-0.2, -0.15) is 0 Å². The molecule has 1 amide bonds. The number of amides is 1. The van der Waals surface area contributed by atoms with E-state index < -0.39 is 0 Å². The third-order valence-corrected chi connectivity index (χ3v) is 3.53. The van der Waals surface area contributed by atoms with E-state index in [1.165, 1.54) is 0 Å². The fourth-order valence-electron chi connectivity index (χ4n) is 2.43. The molecule has 1 aromatic rings. The number of hydrogen-bond acceptors (Lipinski definition) is 5. The van der Waals surface area contributed by atoms with E-state index >= 15 is 0 Å². The zero-order chi connectivity index (χ0) is 14.4.